The summed E-state index contributed by atoms with van der Waals surface area (Å²) < 4.78 is 16.4. The minimum Gasteiger partial charge on any atom is -0.497 e. The van der Waals surface area contributed by atoms with Crippen molar-refractivity contribution in [1.82, 2.24) is 10.2 Å². The molecule has 6 heteroatoms. The topological polar surface area (TPSA) is 43.0 Å². The second-order valence-electron chi connectivity index (χ2n) is 8.58. The highest BCUT2D eigenvalue weighted by Crippen LogP contribution is 2.36. The fourth-order valence-corrected chi connectivity index (χ4v) is 5.01. The van der Waals surface area contributed by atoms with Crippen LogP contribution in [-0.2, 0) is 6.54 Å². The molecule has 1 atom stereocenters. The van der Waals surface area contributed by atoms with Crippen LogP contribution >= 0.6 is 11.6 Å². The number of halogens is 1. The highest BCUT2D eigenvalue weighted by Gasteiger charge is 2.29. The van der Waals surface area contributed by atoms with E-state index in [1.54, 1.807) is 7.11 Å². The van der Waals surface area contributed by atoms with Crippen molar-refractivity contribution in [2.24, 2.45) is 0 Å². The minimum absolute atomic E-state index is 0.101. The number of methoxy groups -OCH3 is 1. The molecular formula is C27H29ClN2O3. The summed E-state index contributed by atoms with van der Waals surface area (Å²) in [6.07, 6.45) is 2.16. The Morgan fingerprint density at radius 1 is 1.00 bits per heavy atom. The Labute approximate surface area is 200 Å². The summed E-state index contributed by atoms with van der Waals surface area (Å²) in [7, 11) is 1.71. The van der Waals surface area contributed by atoms with Crippen molar-refractivity contribution >= 4 is 11.6 Å². The van der Waals surface area contributed by atoms with E-state index in [-0.39, 0.29) is 6.04 Å². The molecule has 5 nitrogen and oxygen atoms in total. The number of ether oxygens (including phenoxy) is 3. The van der Waals surface area contributed by atoms with Crippen molar-refractivity contribution in [1.29, 1.82) is 0 Å². The van der Waals surface area contributed by atoms with Gasteiger partial charge in [-0.2, -0.15) is 0 Å². The van der Waals surface area contributed by atoms with E-state index in [1.807, 2.05) is 24.3 Å². The van der Waals surface area contributed by atoms with Crippen LogP contribution in [0.15, 0.2) is 66.7 Å². The molecule has 33 heavy (non-hydrogen) atoms. The van der Waals surface area contributed by atoms with Crippen LogP contribution in [0.2, 0.25) is 5.02 Å². The van der Waals surface area contributed by atoms with Crippen molar-refractivity contribution in [2.75, 3.05) is 27.0 Å². The Hall–Kier alpha value is -2.73. The van der Waals surface area contributed by atoms with Gasteiger partial charge in [0.15, 0.2) is 11.5 Å². The normalized spacial score (nSPS) is 17.2. The Kier molecular flexibility index (Phi) is 6.72. The molecule has 2 aliphatic heterocycles. The zero-order chi connectivity index (χ0) is 22.6. The van der Waals surface area contributed by atoms with Gasteiger partial charge >= 0.3 is 0 Å². The summed E-state index contributed by atoms with van der Waals surface area (Å²) in [6, 6.07) is 23.2. The molecule has 1 saturated heterocycles. The molecule has 0 aliphatic carbocycles. The largest absolute Gasteiger partial charge is 0.497 e. The summed E-state index contributed by atoms with van der Waals surface area (Å²) in [6.45, 7) is 3.12. The number of fused-ring (bicyclic) bond motifs is 1. The van der Waals surface area contributed by atoms with Crippen molar-refractivity contribution in [3.8, 4) is 17.2 Å². The van der Waals surface area contributed by atoms with E-state index in [0.717, 1.165) is 60.3 Å². The molecule has 2 heterocycles. The van der Waals surface area contributed by atoms with Crippen LogP contribution < -0.4 is 19.5 Å². The Balaban J connectivity index is 1.27. The van der Waals surface area contributed by atoms with Crippen LogP contribution in [0.1, 0.15) is 35.6 Å². The van der Waals surface area contributed by atoms with Crippen LogP contribution in [0.5, 0.6) is 17.2 Å². The number of rotatable bonds is 7. The third-order valence-electron chi connectivity index (χ3n) is 6.54. The standard InChI is InChI=1S/C27H29ClN2O3/c1-31-22-6-4-5-20(16-22)27(23-7-2-3-8-24(23)28)30-13-11-21(12-14-30)29-17-19-9-10-25-26(15-19)33-18-32-25/h2-10,15-16,21,27,29H,11-14,17-18H2,1H3. The maximum absolute atomic E-state index is 6.66. The van der Waals surface area contributed by atoms with Crippen LogP contribution in [0.3, 0.4) is 0 Å². The molecular weight excluding hydrogens is 436 g/mol. The Morgan fingerprint density at radius 2 is 1.82 bits per heavy atom. The molecule has 1 unspecified atom stereocenters. The van der Waals surface area contributed by atoms with Crippen LogP contribution in [0.25, 0.3) is 0 Å². The zero-order valence-corrected chi connectivity index (χ0v) is 19.6. The maximum atomic E-state index is 6.66. The van der Waals surface area contributed by atoms with Crippen LogP contribution in [0, 0.1) is 0 Å². The van der Waals surface area contributed by atoms with E-state index >= 15 is 0 Å². The van der Waals surface area contributed by atoms with Crippen molar-refractivity contribution in [2.45, 2.75) is 31.5 Å². The lowest BCUT2D eigenvalue weighted by Crippen LogP contribution is -2.44. The summed E-state index contributed by atoms with van der Waals surface area (Å²) in [5, 5.41) is 4.53. The van der Waals surface area contributed by atoms with Gasteiger partial charge in [0.1, 0.15) is 5.75 Å². The molecule has 5 rings (SSSR count). The molecule has 0 saturated carbocycles. The lowest BCUT2D eigenvalue weighted by Gasteiger charge is -2.38. The quantitative estimate of drug-likeness (QED) is 0.505. The van der Waals surface area contributed by atoms with Gasteiger partial charge in [-0.25, -0.2) is 0 Å². The predicted molar refractivity (Wildman–Crippen MR) is 130 cm³/mol. The molecule has 3 aromatic carbocycles. The highest BCUT2D eigenvalue weighted by atomic mass is 35.5. The SMILES string of the molecule is COc1cccc(C(c2ccccc2Cl)N2CCC(NCc3ccc4c(c3)OCO4)CC2)c1. The first-order valence-electron chi connectivity index (χ1n) is 11.5. The van der Waals surface area contributed by atoms with E-state index in [0.29, 0.717) is 12.8 Å². The van der Waals surface area contributed by atoms with Crippen molar-refractivity contribution < 1.29 is 14.2 Å². The fraction of sp³-hybridized carbons (Fsp3) is 0.333. The number of hydrogen-bond donors (Lipinski definition) is 1. The zero-order valence-electron chi connectivity index (χ0n) is 18.8. The molecule has 2 aliphatic rings. The predicted octanol–water partition coefficient (Wildman–Crippen LogP) is 5.42. The van der Waals surface area contributed by atoms with E-state index in [1.165, 1.54) is 11.1 Å². The average molecular weight is 465 g/mol. The first-order chi connectivity index (χ1) is 16.2. The van der Waals surface area contributed by atoms with Crippen molar-refractivity contribution in [3.63, 3.8) is 0 Å². The van der Waals surface area contributed by atoms with Crippen molar-refractivity contribution in [3.05, 3.63) is 88.4 Å². The second-order valence-corrected chi connectivity index (χ2v) is 8.99. The lowest BCUT2D eigenvalue weighted by atomic mass is 9.93. The monoisotopic (exact) mass is 464 g/mol. The molecule has 1 N–H and O–H groups in total. The number of likely N-dealkylation sites (tertiary alicyclic amines) is 1. The molecule has 0 spiro atoms. The molecule has 0 aromatic heterocycles. The third-order valence-corrected chi connectivity index (χ3v) is 6.88. The number of benzene rings is 3. The van der Waals surface area contributed by atoms with Gasteiger partial charge in [-0.05, 0) is 59.9 Å². The third kappa shape index (κ3) is 4.96. The van der Waals surface area contributed by atoms with Gasteiger partial charge in [-0.1, -0.05) is 48.0 Å². The first-order valence-corrected chi connectivity index (χ1v) is 11.8. The Bertz CT molecular complexity index is 1100. The number of nitrogens with zero attached hydrogens (tertiary/aromatic N) is 1. The molecule has 172 valence electrons. The molecule has 0 bridgehead atoms. The van der Waals surface area contributed by atoms with Gasteiger partial charge in [0.05, 0.1) is 13.2 Å². The Morgan fingerprint density at radius 3 is 2.64 bits per heavy atom. The molecule has 0 radical (unpaired) electrons. The lowest BCUT2D eigenvalue weighted by molar-refractivity contribution is 0.162. The summed E-state index contributed by atoms with van der Waals surface area (Å²) >= 11 is 6.66. The number of piperidine rings is 1. The van der Waals surface area contributed by atoms with E-state index in [2.05, 4.69) is 52.7 Å². The fourth-order valence-electron chi connectivity index (χ4n) is 4.77. The molecule has 0 amide bonds. The van der Waals surface area contributed by atoms with Crippen LogP contribution in [0.4, 0.5) is 0 Å². The van der Waals surface area contributed by atoms with Gasteiger partial charge in [0.2, 0.25) is 6.79 Å². The highest BCUT2D eigenvalue weighted by molar-refractivity contribution is 6.31. The second kappa shape index (κ2) is 10.0. The molecule has 3 aromatic rings. The van der Waals surface area contributed by atoms with E-state index < -0.39 is 0 Å². The van der Waals surface area contributed by atoms with Gasteiger partial charge in [0.25, 0.3) is 0 Å². The number of hydrogen-bond acceptors (Lipinski definition) is 5. The van der Waals surface area contributed by atoms with E-state index in [4.69, 9.17) is 25.8 Å². The van der Waals surface area contributed by atoms with Gasteiger partial charge < -0.3 is 19.5 Å². The maximum Gasteiger partial charge on any atom is 0.231 e. The van der Waals surface area contributed by atoms with E-state index in [9.17, 15) is 0 Å². The summed E-state index contributed by atoms with van der Waals surface area (Å²) in [5.41, 5.74) is 3.56. The average Bonchev–Trinajstić information content (AvgIpc) is 3.33. The first kappa shape index (κ1) is 22.1. The van der Waals surface area contributed by atoms with Gasteiger partial charge in [-0.15, -0.1) is 0 Å². The summed E-state index contributed by atoms with van der Waals surface area (Å²) in [5.74, 6) is 2.53. The van der Waals surface area contributed by atoms with Crippen LogP contribution in [-0.4, -0.2) is 37.9 Å². The summed E-state index contributed by atoms with van der Waals surface area (Å²) in [4.78, 5) is 2.54. The number of nitrogens with one attached hydrogen (secondary N) is 1. The van der Waals surface area contributed by atoms with Gasteiger partial charge in [-0.3, -0.25) is 4.90 Å². The molecule has 1 fully saturated rings. The minimum atomic E-state index is 0.101. The van der Waals surface area contributed by atoms with Gasteiger partial charge in [0, 0.05) is 30.7 Å². The smallest absolute Gasteiger partial charge is 0.231 e.